The van der Waals surface area contributed by atoms with Gasteiger partial charge in [-0.25, -0.2) is 26.4 Å². The Morgan fingerprint density at radius 2 is 1.23 bits per heavy atom. The lowest BCUT2D eigenvalue weighted by Gasteiger charge is -2.17. The summed E-state index contributed by atoms with van der Waals surface area (Å²) in [6, 6.07) is 13.0. The standard InChI is InChI=1S/C25H38N2O8S2.C10H7NO4/c1-5-34-24-14-18(8-10-22(24)32-3)20(26)16-36(28,29)12-7-13-37(30,31)17-21(27)19-9-11-23(33-4)25(15-19)35-6-2;1-5(12)11-7-4-2-3-6-8(7)10(14)15-9(6)13/h8-11,14-15,20-21H,5-7,12-13,16-17,26-27H2,1-4H3;2-4H,1H3,(H,11,12). The SMILES string of the molecule is CC(=O)Nc1cccc2c1C(=O)OC2=O.CCOc1cc(C(N)CS(=O)(=O)CCCS(=O)(=O)CC(N)c2ccc(OC)c(OCC)c2)ccc1OC. The number of carbonyl (C=O) groups excluding carboxylic acids is 3. The number of benzene rings is 3. The molecule has 4 rings (SSSR count). The minimum absolute atomic E-state index is 0.0519. The number of rotatable bonds is 17. The molecule has 0 bridgehead atoms. The summed E-state index contributed by atoms with van der Waals surface area (Å²) < 4.78 is 76.6. The van der Waals surface area contributed by atoms with Crippen LogP contribution in [0.1, 0.15) is 71.1 Å². The first kappa shape index (κ1) is 41.7. The minimum atomic E-state index is -3.62. The first-order valence-corrected chi connectivity index (χ1v) is 19.9. The van der Waals surface area contributed by atoms with E-state index in [1.807, 2.05) is 13.8 Å². The summed E-state index contributed by atoms with van der Waals surface area (Å²) in [7, 11) is -4.21. The van der Waals surface area contributed by atoms with Gasteiger partial charge >= 0.3 is 11.9 Å². The number of carbonyl (C=O) groups is 3. The Balaban J connectivity index is 0.000000400. The Morgan fingerprint density at radius 3 is 1.65 bits per heavy atom. The molecular weight excluding hydrogens is 719 g/mol. The van der Waals surface area contributed by atoms with E-state index in [1.165, 1.54) is 27.2 Å². The van der Waals surface area contributed by atoms with Crippen molar-refractivity contribution in [2.45, 2.75) is 39.3 Å². The van der Waals surface area contributed by atoms with Gasteiger partial charge in [0, 0.05) is 19.0 Å². The lowest BCUT2D eigenvalue weighted by atomic mass is 10.1. The summed E-state index contributed by atoms with van der Waals surface area (Å²) >= 11 is 0. The van der Waals surface area contributed by atoms with Gasteiger partial charge in [-0.15, -0.1) is 0 Å². The van der Waals surface area contributed by atoms with Crippen molar-refractivity contribution in [3.05, 3.63) is 76.9 Å². The Labute approximate surface area is 303 Å². The van der Waals surface area contributed by atoms with Crippen LogP contribution < -0.4 is 35.7 Å². The molecule has 15 nitrogen and oxygen atoms in total. The van der Waals surface area contributed by atoms with E-state index in [-0.39, 0.29) is 46.5 Å². The van der Waals surface area contributed by atoms with Crippen LogP contribution in [0.25, 0.3) is 0 Å². The first-order valence-electron chi connectivity index (χ1n) is 16.2. The first-order chi connectivity index (χ1) is 24.5. The van der Waals surface area contributed by atoms with Crippen LogP contribution in [0.2, 0.25) is 0 Å². The normalized spacial score (nSPS) is 13.5. The Kier molecular flexibility index (Phi) is 15.0. The molecule has 2 unspecified atom stereocenters. The number of ether oxygens (including phenoxy) is 5. The van der Waals surface area contributed by atoms with E-state index in [0.717, 1.165) is 0 Å². The van der Waals surface area contributed by atoms with E-state index >= 15 is 0 Å². The maximum absolute atomic E-state index is 12.7. The number of methoxy groups -OCH3 is 2. The van der Waals surface area contributed by atoms with Crippen molar-refractivity contribution in [2.75, 3.05) is 55.8 Å². The zero-order valence-corrected chi connectivity index (χ0v) is 31.3. The predicted octanol–water partition coefficient (Wildman–Crippen LogP) is 3.38. The number of nitrogens with two attached hydrogens (primary N) is 2. The molecule has 1 aliphatic rings. The van der Waals surface area contributed by atoms with Crippen LogP contribution in [0, 0.1) is 0 Å². The van der Waals surface area contributed by atoms with Gasteiger partial charge in [0.15, 0.2) is 42.7 Å². The molecule has 1 aliphatic heterocycles. The highest BCUT2D eigenvalue weighted by molar-refractivity contribution is 7.92. The van der Waals surface area contributed by atoms with Gasteiger partial charge in [0.25, 0.3) is 0 Å². The highest BCUT2D eigenvalue weighted by atomic mass is 32.2. The van der Waals surface area contributed by atoms with Crippen molar-refractivity contribution in [2.24, 2.45) is 11.5 Å². The Hall–Kier alpha value is -4.71. The quantitative estimate of drug-likeness (QED) is 0.132. The number of anilines is 1. The number of esters is 2. The Bertz CT molecular complexity index is 1870. The van der Waals surface area contributed by atoms with E-state index in [0.29, 0.717) is 53.0 Å². The Morgan fingerprint density at radius 1 is 0.750 bits per heavy atom. The second kappa shape index (κ2) is 18.7. The number of cyclic esters (lactones) is 2. The van der Waals surface area contributed by atoms with Gasteiger partial charge < -0.3 is 40.5 Å². The molecule has 2 atom stereocenters. The van der Waals surface area contributed by atoms with E-state index in [4.69, 9.17) is 30.4 Å². The van der Waals surface area contributed by atoms with Crippen LogP contribution >= 0.6 is 0 Å². The molecule has 1 heterocycles. The van der Waals surface area contributed by atoms with Crippen LogP contribution in [0.4, 0.5) is 5.69 Å². The lowest BCUT2D eigenvalue weighted by molar-refractivity contribution is -0.114. The van der Waals surface area contributed by atoms with Gasteiger partial charge in [0.2, 0.25) is 5.91 Å². The fourth-order valence-electron chi connectivity index (χ4n) is 5.22. The molecule has 0 saturated heterocycles. The van der Waals surface area contributed by atoms with Crippen molar-refractivity contribution in [1.82, 2.24) is 0 Å². The van der Waals surface area contributed by atoms with Gasteiger partial charge in [-0.1, -0.05) is 18.2 Å². The molecule has 0 aliphatic carbocycles. The lowest BCUT2D eigenvalue weighted by Crippen LogP contribution is -2.26. The molecule has 5 N–H and O–H groups in total. The number of nitrogens with one attached hydrogen (secondary N) is 1. The van der Waals surface area contributed by atoms with Crippen molar-refractivity contribution in [1.29, 1.82) is 0 Å². The fraction of sp³-hybridized carbons (Fsp3) is 0.400. The van der Waals surface area contributed by atoms with Gasteiger partial charge in [0.1, 0.15) is 0 Å². The van der Waals surface area contributed by atoms with E-state index in [2.05, 4.69) is 10.1 Å². The van der Waals surface area contributed by atoms with E-state index in [9.17, 15) is 31.2 Å². The molecule has 0 fully saturated rings. The molecule has 3 aromatic rings. The monoisotopic (exact) mass is 763 g/mol. The van der Waals surface area contributed by atoms with Gasteiger partial charge in [-0.2, -0.15) is 0 Å². The topological polar surface area (TPSA) is 230 Å². The van der Waals surface area contributed by atoms with Gasteiger partial charge in [-0.3, -0.25) is 4.79 Å². The van der Waals surface area contributed by atoms with Gasteiger partial charge in [0.05, 0.1) is 67.3 Å². The third-order valence-electron chi connectivity index (χ3n) is 7.59. The highest BCUT2D eigenvalue weighted by Gasteiger charge is 2.32. The molecule has 0 spiro atoms. The third-order valence-corrected chi connectivity index (χ3v) is 11.1. The molecular formula is C35H45N3O12S2. The summed E-state index contributed by atoms with van der Waals surface area (Å²) in [5.74, 6) is -0.974. The zero-order valence-electron chi connectivity index (χ0n) is 29.7. The molecule has 0 radical (unpaired) electrons. The van der Waals surface area contributed by atoms with Crippen molar-refractivity contribution < 1.29 is 54.9 Å². The van der Waals surface area contributed by atoms with Crippen molar-refractivity contribution in [3.63, 3.8) is 0 Å². The van der Waals surface area contributed by atoms with E-state index < -0.39 is 43.7 Å². The maximum Gasteiger partial charge on any atom is 0.349 e. The molecule has 0 saturated carbocycles. The van der Waals surface area contributed by atoms with Crippen LogP contribution in [0.3, 0.4) is 0 Å². The molecule has 1 amide bonds. The zero-order chi connectivity index (χ0) is 38.6. The predicted molar refractivity (Wildman–Crippen MR) is 195 cm³/mol. The number of hydrogen-bond acceptors (Lipinski definition) is 14. The second-order valence-electron chi connectivity index (χ2n) is 11.6. The van der Waals surface area contributed by atoms with Crippen molar-refractivity contribution >= 4 is 43.2 Å². The molecule has 17 heteroatoms. The highest BCUT2D eigenvalue weighted by Crippen LogP contribution is 2.32. The van der Waals surface area contributed by atoms with Crippen molar-refractivity contribution in [3.8, 4) is 23.0 Å². The van der Waals surface area contributed by atoms with Crippen LogP contribution in [-0.4, -0.2) is 85.1 Å². The summed E-state index contributed by atoms with van der Waals surface area (Å²) in [5, 5.41) is 2.46. The average molecular weight is 764 g/mol. The molecule has 52 heavy (non-hydrogen) atoms. The minimum Gasteiger partial charge on any atom is -0.493 e. The fourth-order valence-corrected chi connectivity index (χ4v) is 8.38. The summed E-state index contributed by atoms with van der Waals surface area (Å²) in [6.45, 7) is 5.80. The summed E-state index contributed by atoms with van der Waals surface area (Å²) in [4.78, 5) is 33.3. The number of amides is 1. The van der Waals surface area contributed by atoms with Crippen LogP contribution in [0.15, 0.2) is 54.6 Å². The molecule has 3 aromatic carbocycles. The summed E-state index contributed by atoms with van der Waals surface area (Å²) in [5.41, 5.74) is 14.1. The number of sulfone groups is 2. The molecule has 284 valence electrons. The summed E-state index contributed by atoms with van der Waals surface area (Å²) in [6.07, 6.45) is -0.0519. The largest absolute Gasteiger partial charge is 0.493 e. The van der Waals surface area contributed by atoms with Crippen LogP contribution in [-0.2, 0) is 29.2 Å². The smallest absolute Gasteiger partial charge is 0.349 e. The van der Waals surface area contributed by atoms with Gasteiger partial charge in [-0.05, 0) is 67.8 Å². The average Bonchev–Trinajstić information content (AvgIpc) is 3.37. The second-order valence-corrected chi connectivity index (χ2v) is 16.0. The maximum atomic E-state index is 12.7. The number of fused-ring (bicyclic) bond motifs is 1. The number of hydrogen-bond donors (Lipinski definition) is 3. The van der Waals surface area contributed by atoms with Crippen LogP contribution in [0.5, 0.6) is 23.0 Å². The molecule has 0 aromatic heterocycles. The van der Waals surface area contributed by atoms with E-state index in [1.54, 1.807) is 48.5 Å². The third kappa shape index (κ3) is 11.7.